The molecule has 0 fully saturated rings. The summed E-state index contributed by atoms with van der Waals surface area (Å²) in [5.41, 5.74) is 5.04. The van der Waals surface area contributed by atoms with Gasteiger partial charge in [0.05, 0.1) is 0 Å². The van der Waals surface area contributed by atoms with E-state index in [0.29, 0.717) is 6.54 Å². The van der Waals surface area contributed by atoms with Crippen LogP contribution in [-0.4, -0.2) is 17.4 Å². The van der Waals surface area contributed by atoms with Crippen LogP contribution in [0.2, 0.25) is 0 Å². The van der Waals surface area contributed by atoms with Gasteiger partial charge in [0, 0.05) is 32.7 Å². The third-order valence-corrected chi connectivity index (χ3v) is 0.769. The minimum atomic E-state index is -0.00588. The Kier molecular flexibility index (Phi) is 8.72. The van der Waals surface area contributed by atoms with Crippen LogP contribution in [0.3, 0.4) is 0 Å². The topological polar surface area (TPSA) is 53.1 Å². The number of hydrogen-bond acceptors (Lipinski definition) is 1. The Bertz CT molecular complexity index is 84.3. The summed E-state index contributed by atoms with van der Waals surface area (Å²) in [4.78, 5) is 1.40. The van der Waals surface area contributed by atoms with Gasteiger partial charge >= 0.3 is 0 Å². The van der Waals surface area contributed by atoms with Crippen molar-refractivity contribution >= 4 is 5.96 Å². The average molecular weight is 202 g/mol. The summed E-state index contributed by atoms with van der Waals surface area (Å²) in [6, 6.07) is 0. The summed E-state index contributed by atoms with van der Waals surface area (Å²) in [6.07, 6.45) is 0.725. The molecule has 0 aliphatic rings. The molecule has 1 radical (unpaired) electrons. The van der Waals surface area contributed by atoms with Crippen molar-refractivity contribution in [2.75, 3.05) is 6.54 Å². The molecular formula is C5H11N3Y-2. The Hall–Kier alpha value is 0.374. The van der Waals surface area contributed by atoms with E-state index in [0.717, 1.165) is 6.42 Å². The van der Waals surface area contributed by atoms with Crippen molar-refractivity contribution in [1.82, 2.24) is 4.90 Å². The summed E-state index contributed by atoms with van der Waals surface area (Å²) in [7, 11) is 3.47. The molecule has 0 rings (SSSR count). The molecule has 0 aliphatic heterocycles. The molecule has 0 saturated heterocycles. The zero-order valence-electron chi connectivity index (χ0n) is 5.43. The van der Waals surface area contributed by atoms with Gasteiger partial charge in [0.1, 0.15) is 0 Å². The van der Waals surface area contributed by atoms with Crippen LogP contribution in [0.5, 0.6) is 0 Å². The van der Waals surface area contributed by atoms with Crippen LogP contribution >= 0.6 is 0 Å². The largest absolute Gasteiger partial charge is 0.498 e. The van der Waals surface area contributed by atoms with Gasteiger partial charge < -0.3 is 17.6 Å². The first-order valence-electron chi connectivity index (χ1n) is 2.39. The van der Waals surface area contributed by atoms with Crippen molar-refractivity contribution in [1.29, 1.82) is 5.41 Å². The predicted octanol–water partition coefficient (Wildman–Crippen LogP) is 0.195. The fourth-order valence-corrected chi connectivity index (χ4v) is 0.311. The van der Waals surface area contributed by atoms with E-state index in [2.05, 4.69) is 14.0 Å². The van der Waals surface area contributed by atoms with Crippen LogP contribution in [0, 0.1) is 19.4 Å². The molecule has 0 atom stereocenters. The summed E-state index contributed by atoms with van der Waals surface area (Å²) in [5.74, 6) is -0.00588. The number of guanidine groups is 1. The van der Waals surface area contributed by atoms with E-state index in [1.165, 1.54) is 4.90 Å². The van der Waals surface area contributed by atoms with Crippen LogP contribution in [0.25, 0.3) is 0 Å². The Morgan fingerprint density at radius 2 is 2.11 bits per heavy atom. The fraction of sp³-hybridized carbons (Fsp3) is 0.400. The summed E-state index contributed by atoms with van der Waals surface area (Å²) in [5, 5.41) is 6.82. The molecule has 3 N–H and O–H groups in total. The summed E-state index contributed by atoms with van der Waals surface area (Å²) >= 11 is 0. The second-order valence-corrected chi connectivity index (χ2v) is 1.50. The van der Waals surface area contributed by atoms with Crippen LogP contribution < -0.4 is 5.73 Å². The third kappa shape index (κ3) is 6.26. The van der Waals surface area contributed by atoms with Gasteiger partial charge in [0.25, 0.3) is 0 Å². The zero-order chi connectivity index (χ0) is 6.57. The number of nitrogens with two attached hydrogens (primary N) is 1. The first-order chi connectivity index (χ1) is 3.68. The number of nitrogens with zero attached hydrogens (tertiary/aromatic N) is 1. The van der Waals surface area contributed by atoms with Crippen molar-refractivity contribution in [3.05, 3.63) is 14.0 Å². The van der Waals surface area contributed by atoms with E-state index in [-0.39, 0.29) is 38.7 Å². The first-order valence-corrected chi connectivity index (χ1v) is 2.39. The van der Waals surface area contributed by atoms with Gasteiger partial charge in [-0.05, 0) is 6.54 Å². The number of nitrogens with one attached hydrogen (secondary N) is 1. The number of rotatable bonds is 2. The van der Waals surface area contributed by atoms with Crippen molar-refractivity contribution in [3.63, 3.8) is 0 Å². The van der Waals surface area contributed by atoms with Gasteiger partial charge in [-0.3, -0.25) is 12.5 Å². The fourth-order valence-electron chi connectivity index (χ4n) is 0.311. The maximum Gasteiger partial charge on any atom is 0.157 e. The van der Waals surface area contributed by atoms with Crippen LogP contribution in [0.1, 0.15) is 6.42 Å². The van der Waals surface area contributed by atoms with Crippen LogP contribution in [0.15, 0.2) is 0 Å². The van der Waals surface area contributed by atoms with E-state index in [1.54, 1.807) is 0 Å². The second-order valence-electron chi connectivity index (χ2n) is 1.50. The molecule has 9 heavy (non-hydrogen) atoms. The minimum Gasteiger partial charge on any atom is -0.498 e. The van der Waals surface area contributed by atoms with Gasteiger partial charge in [0.15, 0.2) is 5.96 Å². The zero-order valence-corrected chi connectivity index (χ0v) is 8.27. The van der Waals surface area contributed by atoms with Gasteiger partial charge in [-0.25, -0.2) is 0 Å². The molecule has 0 aliphatic carbocycles. The maximum absolute atomic E-state index is 6.82. The standard InChI is InChI=1S/C5H11N3.Y/c1-3-4-8(2)5(6)7;/h1-4H2,(H3,6,7);/q-2;. The quantitative estimate of drug-likeness (QED) is 0.381. The molecule has 0 spiro atoms. The van der Waals surface area contributed by atoms with Crippen molar-refractivity contribution in [3.8, 4) is 0 Å². The predicted molar refractivity (Wildman–Crippen MR) is 34.0 cm³/mol. The normalized spacial score (nSPS) is 7.78. The SMILES string of the molecule is [CH2-]CCN([CH2-])C(=N)N.[Y]. The third-order valence-electron chi connectivity index (χ3n) is 0.769. The van der Waals surface area contributed by atoms with Gasteiger partial charge in [-0.1, -0.05) is 0 Å². The molecule has 0 unspecified atom stereocenters. The van der Waals surface area contributed by atoms with Crippen molar-refractivity contribution in [2.24, 2.45) is 5.73 Å². The molecule has 3 nitrogen and oxygen atoms in total. The molecular weight excluding hydrogens is 191 g/mol. The van der Waals surface area contributed by atoms with E-state index in [1.807, 2.05) is 0 Å². The van der Waals surface area contributed by atoms with Crippen LogP contribution in [0.4, 0.5) is 0 Å². The molecule has 4 heteroatoms. The van der Waals surface area contributed by atoms with E-state index >= 15 is 0 Å². The molecule has 0 aromatic carbocycles. The molecule has 51 valence electrons. The summed E-state index contributed by atoms with van der Waals surface area (Å²) in [6.45, 7) is 4.22. The molecule has 0 saturated carbocycles. The smallest absolute Gasteiger partial charge is 0.157 e. The maximum atomic E-state index is 6.82. The van der Waals surface area contributed by atoms with Gasteiger partial charge in [-0.2, -0.15) is 6.42 Å². The van der Waals surface area contributed by atoms with Gasteiger partial charge in [-0.15, -0.1) is 0 Å². The van der Waals surface area contributed by atoms with Crippen molar-refractivity contribution < 1.29 is 32.7 Å². The van der Waals surface area contributed by atoms with Crippen LogP contribution in [-0.2, 0) is 32.7 Å². The monoisotopic (exact) mass is 202 g/mol. The Labute approximate surface area is 81.4 Å². The first kappa shape index (κ1) is 12.1. The van der Waals surface area contributed by atoms with Gasteiger partial charge in [0.2, 0.25) is 0 Å². The molecule has 0 amide bonds. The second kappa shape index (κ2) is 6.49. The Balaban J connectivity index is 0. The van der Waals surface area contributed by atoms with Crippen molar-refractivity contribution in [2.45, 2.75) is 6.42 Å². The molecule has 0 aromatic rings. The molecule has 0 bridgehead atoms. The average Bonchev–Trinajstić information content (AvgIpc) is 1.67. The Morgan fingerprint density at radius 3 is 2.22 bits per heavy atom. The summed E-state index contributed by atoms with van der Waals surface area (Å²) < 4.78 is 0. The van der Waals surface area contributed by atoms with E-state index in [9.17, 15) is 0 Å². The van der Waals surface area contributed by atoms with E-state index < -0.39 is 0 Å². The minimum absolute atomic E-state index is 0. The van der Waals surface area contributed by atoms with E-state index in [4.69, 9.17) is 11.1 Å². The number of hydrogen-bond donors (Lipinski definition) is 2. The molecule has 0 heterocycles. The molecule has 0 aromatic heterocycles. The Morgan fingerprint density at radius 1 is 1.67 bits per heavy atom.